The SMILES string of the molecule is CC(C)CCN(C)C(=O)c1cc(N)cc(N)c1. The maximum Gasteiger partial charge on any atom is 0.253 e. The first-order valence-electron chi connectivity index (χ1n) is 5.81. The molecule has 0 aliphatic heterocycles. The Morgan fingerprint density at radius 3 is 2.24 bits per heavy atom. The molecular weight excluding hydrogens is 214 g/mol. The minimum Gasteiger partial charge on any atom is -0.399 e. The van der Waals surface area contributed by atoms with E-state index >= 15 is 0 Å². The third-order valence-electron chi connectivity index (χ3n) is 2.61. The van der Waals surface area contributed by atoms with E-state index in [-0.39, 0.29) is 5.91 Å². The molecule has 0 aliphatic carbocycles. The number of anilines is 2. The zero-order chi connectivity index (χ0) is 13.0. The summed E-state index contributed by atoms with van der Waals surface area (Å²) in [6, 6.07) is 4.96. The highest BCUT2D eigenvalue weighted by Crippen LogP contribution is 2.15. The number of nitrogens with two attached hydrogens (primary N) is 2. The van der Waals surface area contributed by atoms with Gasteiger partial charge in [-0.2, -0.15) is 0 Å². The van der Waals surface area contributed by atoms with Crippen molar-refractivity contribution in [2.45, 2.75) is 20.3 Å². The first kappa shape index (κ1) is 13.4. The molecule has 17 heavy (non-hydrogen) atoms. The second-order valence-electron chi connectivity index (χ2n) is 4.80. The molecule has 0 fully saturated rings. The molecule has 0 radical (unpaired) electrons. The summed E-state index contributed by atoms with van der Waals surface area (Å²) in [7, 11) is 1.80. The van der Waals surface area contributed by atoms with Gasteiger partial charge in [-0.1, -0.05) is 13.8 Å². The smallest absolute Gasteiger partial charge is 0.253 e. The molecule has 0 aliphatic rings. The number of benzene rings is 1. The second kappa shape index (κ2) is 5.57. The summed E-state index contributed by atoms with van der Waals surface area (Å²) in [5.41, 5.74) is 12.9. The first-order valence-corrected chi connectivity index (χ1v) is 5.81. The normalized spacial score (nSPS) is 10.6. The molecule has 0 saturated carbocycles. The predicted octanol–water partition coefficient (Wildman–Crippen LogP) is 1.97. The number of nitrogens with zero attached hydrogens (tertiary/aromatic N) is 1. The quantitative estimate of drug-likeness (QED) is 0.784. The van der Waals surface area contributed by atoms with Crippen molar-refractivity contribution in [3.05, 3.63) is 23.8 Å². The lowest BCUT2D eigenvalue weighted by Crippen LogP contribution is -2.28. The Morgan fingerprint density at radius 2 is 1.76 bits per heavy atom. The van der Waals surface area contributed by atoms with Gasteiger partial charge in [0, 0.05) is 30.5 Å². The van der Waals surface area contributed by atoms with Gasteiger partial charge in [0.2, 0.25) is 0 Å². The van der Waals surface area contributed by atoms with Crippen molar-refractivity contribution in [2.24, 2.45) is 5.92 Å². The summed E-state index contributed by atoms with van der Waals surface area (Å²) in [6.07, 6.45) is 0.986. The zero-order valence-electron chi connectivity index (χ0n) is 10.7. The molecule has 4 N–H and O–H groups in total. The van der Waals surface area contributed by atoms with E-state index in [0.29, 0.717) is 22.9 Å². The van der Waals surface area contributed by atoms with Crippen LogP contribution in [0.15, 0.2) is 18.2 Å². The molecule has 1 amide bonds. The van der Waals surface area contributed by atoms with Crippen molar-refractivity contribution < 1.29 is 4.79 Å². The van der Waals surface area contributed by atoms with E-state index in [0.717, 1.165) is 13.0 Å². The third kappa shape index (κ3) is 3.98. The van der Waals surface area contributed by atoms with Crippen LogP contribution in [0.3, 0.4) is 0 Å². The van der Waals surface area contributed by atoms with Gasteiger partial charge in [0.25, 0.3) is 5.91 Å². The lowest BCUT2D eigenvalue weighted by atomic mass is 10.1. The Kier molecular flexibility index (Phi) is 4.37. The monoisotopic (exact) mass is 235 g/mol. The van der Waals surface area contributed by atoms with E-state index in [9.17, 15) is 4.79 Å². The number of hydrogen-bond donors (Lipinski definition) is 2. The van der Waals surface area contributed by atoms with Crippen LogP contribution < -0.4 is 11.5 Å². The van der Waals surface area contributed by atoms with Crippen molar-refractivity contribution in [2.75, 3.05) is 25.1 Å². The number of amides is 1. The van der Waals surface area contributed by atoms with E-state index in [2.05, 4.69) is 13.8 Å². The van der Waals surface area contributed by atoms with Crippen molar-refractivity contribution in [3.63, 3.8) is 0 Å². The fraction of sp³-hybridized carbons (Fsp3) is 0.462. The molecule has 4 heteroatoms. The second-order valence-corrected chi connectivity index (χ2v) is 4.80. The average Bonchev–Trinajstić information content (AvgIpc) is 2.23. The molecule has 1 aromatic rings. The Labute approximate surface area is 103 Å². The van der Waals surface area contributed by atoms with Crippen LogP contribution in [0, 0.1) is 5.92 Å². The summed E-state index contributed by atoms with van der Waals surface area (Å²) in [5.74, 6) is 0.542. The molecule has 94 valence electrons. The highest BCUT2D eigenvalue weighted by atomic mass is 16.2. The van der Waals surface area contributed by atoms with E-state index in [1.165, 1.54) is 0 Å². The van der Waals surface area contributed by atoms with Crippen LogP contribution in [-0.4, -0.2) is 24.4 Å². The molecular formula is C13H21N3O. The van der Waals surface area contributed by atoms with Gasteiger partial charge in [0.05, 0.1) is 0 Å². The Bertz CT molecular complexity index is 381. The molecule has 0 aromatic heterocycles. The van der Waals surface area contributed by atoms with E-state index in [1.807, 2.05) is 0 Å². The van der Waals surface area contributed by atoms with E-state index in [1.54, 1.807) is 30.1 Å². The minimum absolute atomic E-state index is 0.0374. The fourth-order valence-electron chi connectivity index (χ4n) is 1.57. The Balaban J connectivity index is 2.74. The molecule has 1 rings (SSSR count). The maximum absolute atomic E-state index is 12.1. The highest BCUT2D eigenvalue weighted by molar-refractivity contribution is 5.95. The van der Waals surface area contributed by atoms with Crippen LogP contribution in [0.25, 0.3) is 0 Å². The number of hydrogen-bond acceptors (Lipinski definition) is 3. The van der Waals surface area contributed by atoms with Crippen molar-refractivity contribution >= 4 is 17.3 Å². The van der Waals surface area contributed by atoms with Crippen LogP contribution in [0.5, 0.6) is 0 Å². The van der Waals surface area contributed by atoms with Gasteiger partial charge in [-0.3, -0.25) is 4.79 Å². The summed E-state index contributed by atoms with van der Waals surface area (Å²) < 4.78 is 0. The number of rotatable bonds is 4. The average molecular weight is 235 g/mol. The zero-order valence-corrected chi connectivity index (χ0v) is 10.7. The van der Waals surface area contributed by atoms with Crippen molar-refractivity contribution in [1.82, 2.24) is 4.90 Å². The van der Waals surface area contributed by atoms with Crippen LogP contribution in [0.2, 0.25) is 0 Å². The summed E-state index contributed by atoms with van der Waals surface area (Å²) in [4.78, 5) is 13.8. The Hall–Kier alpha value is -1.71. The number of carbonyl (C=O) groups excluding carboxylic acids is 1. The van der Waals surface area contributed by atoms with Gasteiger partial charge in [-0.25, -0.2) is 0 Å². The topological polar surface area (TPSA) is 72.3 Å². The summed E-state index contributed by atoms with van der Waals surface area (Å²) in [6.45, 7) is 5.01. The molecule has 0 spiro atoms. The van der Waals surface area contributed by atoms with E-state index < -0.39 is 0 Å². The highest BCUT2D eigenvalue weighted by Gasteiger charge is 2.12. The van der Waals surface area contributed by atoms with Gasteiger partial charge in [-0.05, 0) is 30.5 Å². The van der Waals surface area contributed by atoms with Gasteiger partial charge in [0.15, 0.2) is 0 Å². The standard InChI is InChI=1S/C13H21N3O/c1-9(2)4-5-16(3)13(17)10-6-11(14)8-12(15)7-10/h6-9H,4-5,14-15H2,1-3H3. The molecule has 0 atom stereocenters. The van der Waals surface area contributed by atoms with Crippen LogP contribution in [-0.2, 0) is 0 Å². The maximum atomic E-state index is 12.1. The van der Waals surface area contributed by atoms with Crippen LogP contribution in [0.4, 0.5) is 11.4 Å². The van der Waals surface area contributed by atoms with Crippen molar-refractivity contribution in [3.8, 4) is 0 Å². The Morgan fingerprint density at radius 1 is 1.24 bits per heavy atom. The lowest BCUT2D eigenvalue weighted by Gasteiger charge is -2.18. The van der Waals surface area contributed by atoms with Crippen LogP contribution >= 0.6 is 0 Å². The van der Waals surface area contributed by atoms with Gasteiger partial charge >= 0.3 is 0 Å². The molecule has 4 nitrogen and oxygen atoms in total. The first-order chi connectivity index (χ1) is 7.90. The molecule has 1 aromatic carbocycles. The van der Waals surface area contributed by atoms with Gasteiger partial charge < -0.3 is 16.4 Å². The number of nitrogen functional groups attached to an aromatic ring is 2. The van der Waals surface area contributed by atoms with Gasteiger partial charge in [-0.15, -0.1) is 0 Å². The third-order valence-corrected chi connectivity index (χ3v) is 2.61. The molecule has 0 saturated heterocycles. The lowest BCUT2D eigenvalue weighted by molar-refractivity contribution is 0.0789. The van der Waals surface area contributed by atoms with E-state index in [4.69, 9.17) is 11.5 Å². The molecule has 0 heterocycles. The van der Waals surface area contributed by atoms with Crippen molar-refractivity contribution in [1.29, 1.82) is 0 Å². The molecule has 0 bridgehead atoms. The minimum atomic E-state index is -0.0374. The molecule has 0 unspecified atom stereocenters. The fourth-order valence-corrected chi connectivity index (χ4v) is 1.57. The largest absolute Gasteiger partial charge is 0.399 e. The summed E-state index contributed by atoms with van der Waals surface area (Å²) >= 11 is 0. The predicted molar refractivity (Wildman–Crippen MR) is 71.7 cm³/mol. The van der Waals surface area contributed by atoms with Gasteiger partial charge in [0.1, 0.15) is 0 Å². The van der Waals surface area contributed by atoms with Crippen LogP contribution in [0.1, 0.15) is 30.6 Å². The summed E-state index contributed by atoms with van der Waals surface area (Å²) in [5, 5.41) is 0. The number of carbonyl (C=O) groups is 1.